The predicted molar refractivity (Wildman–Crippen MR) is 135 cm³/mol. The second-order valence-corrected chi connectivity index (χ2v) is 9.45. The Morgan fingerprint density at radius 3 is 2.49 bits per heavy atom. The minimum atomic E-state index is -0.922. The molecule has 1 fully saturated rings. The summed E-state index contributed by atoms with van der Waals surface area (Å²) in [4.78, 5) is 37.2. The highest BCUT2D eigenvalue weighted by atomic mass is 19.1. The number of nitrogens with zero attached hydrogens (tertiary/aromatic N) is 6. The highest BCUT2D eigenvalue weighted by molar-refractivity contribution is 5.96. The molecule has 1 N–H and O–H groups in total. The molecule has 1 aromatic carbocycles. The highest BCUT2D eigenvalue weighted by Gasteiger charge is 2.34. The van der Waals surface area contributed by atoms with Gasteiger partial charge in [-0.15, -0.1) is 0 Å². The molecule has 9 nitrogen and oxygen atoms in total. The van der Waals surface area contributed by atoms with Crippen LogP contribution in [0.4, 0.5) is 13.2 Å². The van der Waals surface area contributed by atoms with E-state index in [2.05, 4.69) is 15.1 Å². The maximum Gasteiger partial charge on any atom is 0.271 e. The van der Waals surface area contributed by atoms with Crippen molar-refractivity contribution in [2.45, 2.75) is 31.7 Å². The van der Waals surface area contributed by atoms with Gasteiger partial charge in [-0.2, -0.15) is 10.1 Å². The van der Waals surface area contributed by atoms with Gasteiger partial charge in [0.25, 0.3) is 11.5 Å². The van der Waals surface area contributed by atoms with Crippen LogP contribution in [0.3, 0.4) is 0 Å². The summed E-state index contributed by atoms with van der Waals surface area (Å²) in [5, 5.41) is 15.1. The van der Waals surface area contributed by atoms with Crippen molar-refractivity contribution in [3.05, 3.63) is 93.4 Å². The predicted octanol–water partition coefficient (Wildman–Crippen LogP) is 3.79. The Kier molecular flexibility index (Phi) is 6.94. The van der Waals surface area contributed by atoms with Crippen molar-refractivity contribution < 1.29 is 23.1 Å². The lowest BCUT2D eigenvalue weighted by atomic mass is 10.0. The van der Waals surface area contributed by atoms with Crippen LogP contribution in [0.2, 0.25) is 0 Å². The number of likely N-dealkylation sites (tertiary alicyclic amines) is 1. The van der Waals surface area contributed by atoms with Gasteiger partial charge in [-0.1, -0.05) is 6.92 Å². The summed E-state index contributed by atoms with van der Waals surface area (Å²) in [6, 6.07) is 6.43. The largest absolute Gasteiger partial charge is 0.493 e. The molecule has 0 saturated carbocycles. The first-order chi connectivity index (χ1) is 18.7. The number of aromatic hydroxyl groups is 1. The lowest BCUT2D eigenvalue weighted by Gasteiger charge is -2.24. The van der Waals surface area contributed by atoms with Gasteiger partial charge in [-0.05, 0) is 48.7 Å². The average Bonchev–Trinajstić information content (AvgIpc) is 3.55. The Balaban J connectivity index is 1.60. The molecule has 4 aromatic rings. The van der Waals surface area contributed by atoms with Crippen LogP contribution < -0.4 is 5.56 Å². The van der Waals surface area contributed by atoms with Gasteiger partial charge in [0.15, 0.2) is 11.4 Å². The van der Waals surface area contributed by atoms with E-state index in [1.807, 2.05) is 0 Å². The fraction of sp³-hybridized carbons (Fsp3) is 0.296. The second kappa shape index (κ2) is 10.4. The molecule has 0 aliphatic carbocycles. The maximum absolute atomic E-state index is 14.2. The molecule has 3 aromatic heterocycles. The molecule has 39 heavy (non-hydrogen) atoms. The lowest BCUT2D eigenvalue weighted by molar-refractivity contribution is 0.0784. The lowest BCUT2D eigenvalue weighted by Crippen LogP contribution is -2.38. The molecule has 12 heteroatoms. The van der Waals surface area contributed by atoms with Crippen LogP contribution in [0.15, 0.2) is 53.6 Å². The van der Waals surface area contributed by atoms with Gasteiger partial charge >= 0.3 is 0 Å². The Morgan fingerprint density at radius 1 is 1.13 bits per heavy atom. The summed E-state index contributed by atoms with van der Waals surface area (Å²) in [6.07, 6.45) is 3.45. The van der Waals surface area contributed by atoms with Gasteiger partial charge in [0.1, 0.15) is 23.1 Å². The summed E-state index contributed by atoms with van der Waals surface area (Å²) < 4.78 is 44.2. The molecule has 1 amide bonds. The van der Waals surface area contributed by atoms with Crippen molar-refractivity contribution in [2.24, 2.45) is 7.05 Å². The van der Waals surface area contributed by atoms with E-state index in [0.717, 1.165) is 29.0 Å². The van der Waals surface area contributed by atoms with Gasteiger partial charge < -0.3 is 10.0 Å². The maximum atomic E-state index is 14.2. The number of carbonyl (C=O) groups excluding carboxylic acids is 1. The number of aromatic nitrogens is 5. The second-order valence-electron chi connectivity index (χ2n) is 9.45. The number of hydrogen-bond acceptors (Lipinski definition) is 6. The number of benzene rings is 1. The van der Waals surface area contributed by atoms with Crippen molar-refractivity contribution in [3.63, 3.8) is 0 Å². The summed E-state index contributed by atoms with van der Waals surface area (Å²) in [6.45, 7) is 2.19. The van der Waals surface area contributed by atoms with Gasteiger partial charge in [0, 0.05) is 44.0 Å². The third kappa shape index (κ3) is 5.01. The van der Waals surface area contributed by atoms with E-state index in [1.165, 1.54) is 15.6 Å². The number of halogens is 3. The van der Waals surface area contributed by atoms with E-state index in [0.29, 0.717) is 12.1 Å². The number of aryl methyl sites for hydroxylation is 1. The van der Waals surface area contributed by atoms with Crippen LogP contribution in [-0.4, -0.2) is 53.3 Å². The number of rotatable bonds is 6. The van der Waals surface area contributed by atoms with E-state index >= 15 is 0 Å². The molecule has 0 radical (unpaired) electrons. The van der Waals surface area contributed by atoms with Gasteiger partial charge in [-0.25, -0.2) is 13.2 Å². The van der Waals surface area contributed by atoms with Gasteiger partial charge in [0.2, 0.25) is 5.88 Å². The van der Waals surface area contributed by atoms with Crippen LogP contribution in [0, 0.1) is 17.5 Å². The zero-order valence-corrected chi connectivity index (χ0v) is 21.2. The molecule has 1 aliphatic heterocycles. The topological polar surface area (TPSA) is 106 Å². The van der Waals surface area contributed by atoms with E-state index < -0.39 is 46.4 Å². The van der Waals surface area contributed by atoms with Crippen molar-refractivity contribution in [1.82, 2.24) is 29.2 Å². The Bertz CT molecular complexity index is 1580. The Labute approximate surface area is 221 Å². The van der Waals surface area contributed by atoms with Crippen molar-refractivity contribution in [2.75, 3.05) is 13.1 Å². The molecule has 5 rings (SSSR count). The zero-order chi connectivity index (χ0) is 27.8. The SMILES string of the molecule is CC[C@@H](c1cc(F)cc(F)c1)n1c(-c2ccn(C)n2)nc(O)c(C(=O)N2CCC(c3ccc(F)cn3)C2)c1=O. The molecule has 202 valence electrons. The molecule has 1 aliphatic rings. The summed E-state index contributed by atoms with van der Waals surface area (Å²) in [7, 11) is 1.66. The zero-order valence-electron chi connectivity index (χ0n) is 21.2. The van der Waals surface area contributed by atoms with Crippen LogP contribution in [0.25, 0.3) is 11.5 Å². The molecule has 4 heterocycles. The molecule has 1 saturated heterocycles. The van der Waals surface area contributed by atoms with E-state index in [9.17, 15) is 27.9 Å². The first-order valence-electron chi connectivity index (χ1n) is 12.4. The normalized spacial score (nSPS) is 16.0. The smallest absolute Gasteiger partial charge is 0.271 e. The van der Waals surface area contributed by atoms with Crippen LogP contribution in [-0.2, 0) is 7.05 Å². The molecule has 0 bridgehead atoms. The molecule has 2 atom stereocenters. The van der Waals surface area contributed by atoms with E-state index in [1.54, 1.807) is 32.3 Å². The van der Waals surface area contributed by atoms with E-state index in [4.69, 9.17) is 0 Å². The number of carbonyl (C=O) groups is 1. The molecule has 1 unspecified atom stereocenters. The minimum Gasteiger partial charge on any atom is -0.493 e. The Hall–Kier alpha value is -4.48. The quantitative estimate of drug-likeness (QED) is 0.401. The molecular weight excluding hydrogens is 513 g/mol. The number of hydrogen-bond donors (Lipinski definition) is 1. The van der Waals surface area contributed by atoms with Crippen LogP contribution >= 0.6 is 0 Å². The minimum absolute atomic E-state index is 0.0546. The van der Waals surface area contributed by atoms with Gasteiger partial charge in [-0.3, -0.25) is 23.8 Å². The van der Waals surface area contributed by atoms with E-state index in [-0.39, 0.29) is 42.5 Å². The summed E-state index contributed by atoms with van der Waals surface area (Å²) in [5.41, 5.74) is -0.437. The standard InChI is InChI=1S/C27H25F3N6O3/c1-3-22(16-10-18(29)12-19(30)11-16)36-24(21-7-8-34(2)33-21)32-25(37)23(27(36)39)26(38)35-9-6-15(14-35)20-5-4-17(28)13-31-20/h4-5,7-8,10-13,15,22,37H,3,6,9,14H2,1-2H3/t15?,22-/m0/s1. The van der Waals surface area contributed by atoms with Crippen molar-refractivity contribution in [1.29, 1.82) is 0 Å². The summed E-state index contributed by atoms with van der Waals surface area (Å²) in [5.74, 6) is -3.87. The van der Waals surface area contributed by atoms with Crippen LogP contribution in [0.1, 0.15) is 53.3 Å². The fourth-order valence-corrected chi connectivity index (χ4v) is 5.02. The summed E-state index contributed by atoms with van der Waals surface area (Å²) >= 11 is 0. The first-order valence-corrected chi connectivity index (χ1v) is 12.4. The number of pyridine rings is 1. The molecule has 0 spiro atoms. The third-order valence-corrected chi connectivity index (χ3v) is 6.86. The van der Waals surface area contributed by atoms with Crippen molar-refractivity contribution in [3.8, 4) is 17.4 Å². The van der Waals surface area contributed by atoms with Gasteiger partial charge in [0.05, 0.1) is 12.2 Å². The first kappa shape index (κ1) is 26.1. The average molecular weight is 539 g/mol. The fourth-order valence-electron chi connectivity index (χ4n) is 5.02. The highest BCUT2D eigenvalue weighted by Crippen LogP contribution is 2.31. The Morgan fingerprint density at radius 2 is 1.87 bits per heavy atom. The molecular formula is C27H25F3N6O3. The number of amides is 1. The monoisotopic (exact) mass is 538 g/mol. The third-order valence-electron chi connectivity index (χ3n) is 6.86. The van der Waals surface area contributed by atoms with Crippen LogP contribution in [0.5, 0.6) is 5.88 Å². The van der Waals surface area contributed by atoms with Crippen molar-refractivity contribution >= 4 is 5.91 Å².